The molecule has 0 aliphatic heterocycles. The molecule has 0 saturated heterocycles. The Balaban J connectivity index is 2.33. The Hall–Kier alpha value is -1.13. The van der Waals surface area contributed by atoms with Gasteiger partial charge in [-0.25, -0.2) is 4.79 Å². The fraction of sp³-hybridized carbons (Fsp3) is 0.308. The van der Waals surface area contributed by atoms with Crippen LogP contribution in [0.25, 0.3) is 0 Å². The SMILES string of the molecule is C=C(COCc1cccc(Br)c1)C(=O)OCC. The van der Waals surface area contributed by atoms with Crippen molar-refractivity contribution in [2.75, 3.05) is 13.2 Å². The van der Waals surface area contributed by atoms with Crippen LogP contribution in [0.1, 0.15) is 12.5 Å². The van der Waals surface area contributed by atoms with Crippen LogP contribution in [0.15, 0.2) is 40.9 Å². The average Bonchev–Trinajstić information content (AvgIpc) is 2.29. The van der Waals surface area contributed by atoms with Gasteiger partial charge in [0, 0.05) is 4.47 Å². The number of hydrogen-bond acceptors (Lipinski definition) is 3. The maximum atomic E-state index is 11.2. The first-order chi connectivity index (χ1) is 8.13. The van der Waals surface area contributed by atoms with Crippen molar-refractivity contribution in [3.05, 3.63) is 46.5 Å². The molecule has 17 heavy (non-hydrogen) atoms. The molecule has 0 fully saturated rings. The molecule has 0 radical (unpaired) electrons. The molecule has 0 unspecified atom stereocenters. The summed E-state index contributed by atoms with van der Waals surface area (Å²) in [5.41, 5.74) is 1.37. The van der Waals surface area contributed by atoms with Crippen LogP contribution in [0.2, 0.25) is 0 Å². The lowest BCUT2D eigenvalue weighted by atomic mass is 10.2. The number of ether oxygens (including phenoxy) is 2. The summed E-state index contributed by atoms with van der Waals surface area (Å²) in [6.07, 6.45) is 0. The van der Waals surface area contributed by atoms with Gasteiger partial charge in [-0.2, -0.15) is 0 Å². The second kappa shape index (κ2) is 7.25. The standard InChI is InChI=1S/C13H15BrO3/c1-3-17-13(15)10(2)8-16-9-11-5-4-6-12(14)7-11/h4-7H,2-3,8-9H2,1H3. The monoisotopic (exact) mass is 298 g/mol. The van der Waals surface area contributed by atoms with Gasteiger partial charge in [0.05, 0.1) is 25.4 Å². The first-order valence-electron chi connectivity index (χ1n) is 5.30. The van der Waals surface area contributed by atoms with Crippen molar-refractivity contribution in [1.29, 1.82) is 0 Å². The molecule has 0 heterocycles. The molecule has 1 rings (SSSR count). The Kier molecular flexibility index (Phi) is 5.94. The zero-order valence-electron chi connectivity index (χ0n) is 9.74. The first kappa shape index (κ1) is 13.9. The third kappa shape index (κ3) is 5.15. The number of carbonyl (C=O) groups excluding carboxylic acids is 1. The van der Waals surface area contributed by atoms with Gasteiger partial charge in [-0.1, -0.05) is 34.6 Å². The maximum Gasteiger partial charge on any atom is 0.335 e. The lowest BCUT2D eigenvalue weighted by Gasteiger charge is -2.07. The van der Waals surface area contributed by atoms with E-state index in [1.807, 2.05) is 24.3 Å². The van der Waals surface area contributed by atoms with Gasteiger partial charge in [-0.05, 0) is 24.6 Å². The van der Waals surface area contributed by atoms with Gasteiger partial charge in [-0.3, -0.25) is 0 Å². The molecule has 0 aromatic heterocycles. The third-order valence-electron chi connectivity index (χ3n) is 2.00. The quantitative estimate of drug-likeness (QED) is 0.598. The van der Waals surface area contributed by atoms with E-state index in [1.54, 1.807) is 6.92 Å². The summed E-state index contributed by atoms with van der Waals surface area (Å²) in [5.74, 6) is -0.401. The van der Waals surface area contributed by atoms with Gasteiger partial charge >= 0.3 is 5.97 Å². The zero-order valence-corrected chi connectivity index (χ0v) is 11.3. The summed E-state index contributed by atoms with van der Waals surface area (Å²) in [5, 5.41) is 0. The Morgan fingerprint density at radius 2 is 2.24 bits per heavy atom. The summed E-state index contributed by atoms with van der Waals surface area (Å²) in [4.78, 5) is 11.2. The molecule has 0 N–H and O–H groups in total. The average molecular weight is 299 g/mol. The van der Waals surface area contributed by atoms with Crippen molar-refractivity contribution < 1.29 is 14.3 Å². The van der Waals surface area contributed by atoms with E-state index in [9.17, 15) is 4.79 Å². The molecule has 0 aliphatic rings. The topological polar surface area (TPSA) is 35.5 Å². The van der Waals surface area contributed by atoms with Gasteiger partial charge in [0.2, 0.25) is 0 Å². The zero-order chi connectivity index (χ0) is 12.7. The van der Waals surface area contributed by atoms with Gasteiger partial charge in [0.1, 0.15) is 0 Å². The Bertz CT molecular complexity index is 401. The van der Waals surface area contributed by atoms with Crippen molar-refractivity contribution in [3.8, 4) is 0 Å². The minimum Gasteiger partial charge on any atom is -0.463 e. The Labute approximate surface area is 110 Å². The van der Waals surface area contributed by atoms with Crippen LogP contribution in [0.5, 0.6) is 0 Å². The van der Waals surface area contributed by atoms with E-state index < -0.39 is 5.97 Å². The molecular formula is C13H15BrO3. The molecule has 3 nitrogen and oxygen atoms in total. The molecular weight excluding hydrogens is 284 g/mol. The third-order valence-corrected chi connectivity index (χ3v) is 2.49. The fourth-order valence-corrected chi connectivity index (χ4v) is 1.66. The number of rotatable bonds is 6. The van der Waals surface area contributed by atoms with Crippen molar-refractivity contribution >= 4 is 21.9 Å². The van der Waals surface area contributed by atoms with Crippen molar-refractivity contribution in [1.82, 2.24) is 0 Å². The minimum absolute atomic E-state index is 0.186. The summed E-state index contributed by atoms with van der Waals surface area (Å²) in [6, 6.07) is 7.80. The number of carbonyl (C=O) groups is 1. The molecule has 1 aromatic carbocycles. The number of halogens is 1. The van der Waals surface area contributed by atoms with E-state index >= 15 is 0 Å². The van der Waals surface area contributed by atoms with E-state index in [0.29, 0.717) is 18.8 Å². The molecule has 92 valence electrons. The van der Waals surface area contributed by atoms with Crippen LogP contribution >= 0.6 is 15.9 Å². The highest BCUT2D eigenvalue weighted by atomic mass is 79.9. The summed E-state index contributed by atoms with van der Waals surface area (Å²) in [6.45, 7) is 6.35. The molecule has 0 aliphatic carbocycles. The highest BCUT2D eigenvalue weighted by Gasteiger charge is 2.07. The van der Waals surface area contributed by atoms with Crippen molar-refractivity contribution in [2.24, 2.45) is 0 Å². The predicted molar refractivity (Wildman–Crippen MR) is 69.6 cm³/mol. The molecule has 0 atom stereocenters. The smallest absolute Gasteiger partial charge is 0.335 e. The Morgan fingerprint density at radius 3 is 2.88 bits per heavy atom. The molecule has 0 amide bonds. The molecule has 0 bridgehead atoms. The highest BCUT2D eigenvalue weighted by Crippen LogP contribution is 2.12. The van der Waals surface area contributed by atoms with Crippen LogP contribution in [0.3, 0.4) is 0 Å². The van der Waals surface area contributed by atoms with E-state index in [4.69, 9.17) is 9.47 Å². The van der Waals surface area contributed by atoms with Gasteiger partial charge in [-0.15, -0.1) is 0 Å². The molecule has 1 aromatic rings. The van der Waals surface area contributed by atoms with Crippen LogP contribution in [0.4, 0.5) is 0 Å². The fourth-order valence-electron chi connectivity index (χ4n) is 1.21. The molecule has 0 saturated carbocycles. The van der Waals surface area contributed by atoms with E-state index in [2.05, 4.69) is 22.5 Å². The second-order valence-corrected chi connectivity index (χ2v) is 4.36. The summed E-state index contributed by atoms with van der Waals surface area (Å²) < 4.78 is 11.2. The predicted octanol–water partition coefficient (Wildman–Crippen LogP) is 3.09. The van der Waals surface area contributed by atoms with Crippen LogP contribution < -0.4 is 0 Å². The van der Waals surface area contributed by atoms with E-state index in [0.717, 1.165) is 10.0 Å². The van der Waals surface area contributed by atoms with Crippen molar-refractivity contribution in [2.45, 2.75) is 13.5 Å². The largest absolute Gasteiger partial charge is 0.463 e. The summed E-state index contributed by atoms with van der Waals surface area (Å²) >= 11 is 3.38. The lowest BCUT2D eigenvalue weighted by Crippen LogP contribution is -2.11. The first-order valence-corrected chi connectivity index (χ1v) is 6.10. The molecule has 4 heteroatoms. The Morgan fingerprint density at radius 1 is 1.47 bits per heavy atom. The van der Waals surface area contributed by atoms with Gasteiger partial charge in [0.15, 0.2) is 0 Å². The highest BCUT2D eigenvalue weighted by molar-refractivity contribution is 9.10. The number of esters is 1. The van der Waals surface area contributed by atoms with E-state index in [1.165, 1.54) is 0 Å². The number of hydrogen-bond donors (Lipinski definition) is 0. The normalized spacial score (nSPS) is 10.0. The van der Waals surface area contributed by atoms with Crippen LogP contribution in [-0.2, 0) is 20.9 Å². The van der Waals surface area contributed by atoms with Gasteiger partial charge in [0.25, 0.3) is 0 Å². The van der Waals surface area contributed by atoms with Crippen LogP contribution in [-0.4, -0.2) is 19.2 Å². The second-order valence-electron chi connectivity index (χ2n) is 3.45. The minimum atomic E-state index is -0.401. The molecule has 0 spiro atoms. The van der Waals surface area contributed by atoms with E-state index in [-0.39, 0.29) is 6.61 Å². The lowest BCUT2D eigenvalue weighted by molar-refractivity contribution is -0.139. The van der Waals surface area contributed by atoms with Gasteiger partial charge < -0.3 is 9.47 Å². The summed E-state index contributed by atoms with van der Waals surface area (Å²) in [7, 11) is 0. The maximum absolute atomic E-state index is 11.2. The number of benzene rings is 1. The van der Waals surface area contributed by atoms with Crippen LogP contribution in [0, 0.1) is 0 Å². The van der Waals surface area contributed by atoms with Crippen molar-refractivity contribution in [3.63, 3.8) is 0 Å².